The van der Waals surface area contributed by atoms with Gasteiger partial charge >= 0.3 is 47.8 Å². The van der Waals surface area contributed by atoms with Gasteiger partial charge in [0.05, 0.1) is 19.8 Å². The lowest BCUT2D eigenvalue weighted by Crippen LogP contribution is -2.68. The van der Waals surface area contributed by atoms with Crippen LogP contribution in [0.15, 0.2) is 91.0 Å². The molecule has 92 heavy (non-hydrogen) atoms. The first-order valence-electron chi connectivity index (χ1n) is 29.9. The number of hydrogen-bond donors (Lipinski definition) is 0. The van der Waals surface area contributed by atoms with Gasteiger partial charge in [-0.25, -0.2) is 0 Å². The van der Waals surface area contributed by atoms with Crippen molar-refractivity contribution >= 4 is 59.5 Å². The van der Waals surface area contributed by atoms with E-state index in [4.69, 9.17) is 94.7 Å². The zero-order valence-corrected chi connectivity index (χ0v) is 52.8. The molecule has 0 unspecified atom stereocenters. The Kier molecular flexibility index (Phi) is 24.5. The number of benzene rings is 3. The molecule has 6 saturated heterocycles. The largest absolute Gasteiger partial charge is 0.462 e. The lowest BCUT2D eigenvalue weighted by Gasteiger charge is -2.53. The van der Waals surface area contributed by atoms with Crippen LogP contribution in [0.1, 0.15) is 91.6 Å². The van der Waals surface area contributed by atoms with Crippen LogP contribution in [0, 0.1) is 0 Å². The second-order valence-corrected chi connectivity index (χ2v) is 23.5. The van der Waals surface area contributed by atoms with Gasteiger partial charge in [0.2, 0.25) is 0 Å². The summed E-state index contributed by atoms with van der Waals surface area (Å²) in [6.45, 7) is 9.20. The van der Waals surface area contributed by atoms with E-state index in [1.807, 2.05) is 37.3 Å². The molecular formula is C63H76O28S. The van der Waals surface area contributed by atoms with Gasteiger partial charge in [-0.05, 0) is 11.3 Å². The number of ether oxygens (including phenoxy) is 20. The normalized spacial score (nSPS) is 33.1. The molecular weight excluding hydrogens is 1240 g/mol. The average molecular weight is 1310 g/mol. The number of thioether (sulfide) groups is 1. The van der Waals surface area contributed by atoms with E-state index in [1.54, 1.807) is 60.7 Å². The zero-order valence-electron chi connectivity index (χ0n) is 51.9. The zero-order chi connectivity index (χ0) is 65.8. The standard InChI is InChI=1S/C63H76O28S/c1-10-92-63-57(53(49-45(84-63)30-76-59(86-49)41-24-18-13-19-25-41)90-62-56(82-38(9)71)52(80-36(7)69)47(88-62)43(78-34(5)67)28-73-32(3)65)91-60-54(74-26-39-20-14-11-15-21-39)50(48-44(83-60)29-75-58(85-48)40-22-16-12-17-23-40)89-61-55(81-37(8)70)51(79-35(6)68)46(87-61)42(77-33(4)66)27-72-31(2)64/h11-25,42-63H,10,26-30H2,1-9H3/t42-,43-,44-,45-,46+,47+,48-,49-,50+,51+,52+,53+,54+,55-,56-,57+,58-,59-,60-,61+,62+,63-/m1/s1. The van der Waals surface area contributed by atoms with Gasteiger partial charge in [0.25, 0.3) is 0 Å². The summed E-state index contributed by atoms with van der Waals surface area (Å²) in [5.41, 5.74) is 0.857. The van der Waals surface area contributed by atoms with Crippen molar-refractivity contribution in [3.63, 3.8) is 0 Å². The van der Waals surface area contributed by atoms with Crippen LogP contribution < -0.4 is 0 Å². The molecule has 9 rings (SSSR count). The number of esters is 8. The van der Waals surface area contributed by atoms with Crippen molar-refractivity contribution in [3.05, 3.63) is 108 Å². The fourth-order valence-corrected chi connectivity index (χ4v) is 12.5. The van der Waals surface area contributed by atoms with Crippen LogP contribution >= 0.6 is 11.8 Å². The van der Waals surface area contributed by atoms with Crippen LogP contribution in [-0.4, -0.2) is 202 Å². The third-order valence-electron chi connectivity index (χ3n) is 15.1. The van der Waals surface area contributed by atoms with E-state index in [9.17, 15) is 38.4 Å². The number of carbonyl (C=O) groups is 8. The topological polar surface area (TPSA) is 321 Å². The van der Waals surface area contributed by atoms with E-state index in [0.717, 1.165) is 55.4 Å². The molecule has 3 aromatic carbocycles. The van der Waals surface area contributed by atoms with Crippen molar-refractivity contribution in [1.29, 1.82) is 0 Å². The van der Waals surface area contributed by atoms with Crippen LogP contribution in [-0.2, 0) is 140 Å². The second kappa shape index (κ2) is 32.4. The summed E-state index contributed by atoms with van der Waals surface area (Å²) in [5, 5.41) is 0. The van der Waals surface area contributed by atoms with Crippen LogP contribution in [0.5, 0.6) is 0 Å². The average Bonchev–Trinajstić information content (AvgIpc) is 1.04. The Hall–Kier alpha value is -6.71. The Morgan fingerprint density at radius 1 is 0.435 bits per heavy atom. The summed E-state index contributed by atoms with van der Waals surface area (Å²) in [5.74, 6) is -6.20. The summed E-state index contributed by atoms with van der Waals surface area (Å²) in [6, 6.07) is 27.0. The predicted octanol–water partition coefficient (Wildman–Crippen LogP) is 4.32. The maximum atomic E-state index is 13.2. The van der Waals surface area contributed by atoms with Crippen molar-refractivity contribution in [2.24, 2.45) is 0 Å². The van der Waals surface area contributed by atoms with Crippen LogP contribution in [0.25, 0.3) is 0 Å². The van der Waals surface area contributed by atoms with Crippen LogP contribution in [0.3, 0.4) is 0 Å². The molecule has 0 amide bonds. The molecule has 3 aromatic rings. The van der Waals surface area contributed by atoms with E-state index >= 15 is 0 Å². The fraction of sp³-hybridized carbons (Fsp3) is 0.587. The monoisotopic (exact) mass is 1310 g/mol. The molecule has 0 saturated carbocycles. The van der Waals surface area contributed by atoms with Crippen LogP contribution in [0.2, 0.25) is 0 Å². The third kappa shape index (κ3) is 17.9. The second-order valence-electron chi connectivity index (χ2n) is 22.1. The highest BCUT2D eigenvalue weighted by Gasteiger charge is 2.62. The third-order valence-corrected chi connectivity index (χ3v) is 16.1. The predicted molar refractivity (Wildman–Crippen MR) is 309 cm³/mol. The molecule has 6 aliphatic heterocycles. The number of carbonyl (C=O) groups excluding carboxylic acids is 8. The lowest BCUT2D eigenvalue weighted by molar-refractivity contribution is -0.404. The van der Waals surface area contributed by atoms with E-state index < -0.39 is 196 Å². The Labute approximate surface area is 534 Å². The van der Waals surface area contributed by atoms with Gasteiger partial charge in [-0.1, -0.05) is 97.9 Å². The highest BCUT2D eigenvalue weighted by atomic mass is 32.2. The Morgan fingerprint density at radius 3 is 1.24 bits per heavy atom. The molecule has 6 aliphatic rings. The molecule has 22 atom stereocenters. The van der Waals surface area contributed by atoms with Crippen molar-refractivity contribution in [2.75, 3.05) is 32.2 Å². The molecule has 0 aliphatic carbocycles. The number of hydrogen-bond acceptors (Lipinski definition) is 29. The summed E-state index contributed by atoms with van der Waals surface area (Å²) in [4.78, 5) is 102. The van der Waals surface area contributed by atoms with Crippen LogP contribution in [0.4, 0.5) is 0 Å². The van der Waals surface area contributed by atoms with Gasteiger partial charge in [0.15, 0.2) is 68.1 Å². The summed E-state index contributed by atoms with van der Waals surface area (Å²) in [6.07, 6.45) is -29.6. The lowest BCUT2D eigenvalue weighted by atomic mass is 9.95. The van der Waals surface area contributed by atoms with E-state index in [0.29, 0.717) is 22.4 Å². The van der Waals surface area contributed by atoms with Gasteiger partial charge in [-0.15, -0.1) is 11.8 Å². The van der Waals surface area contributed by atoms with E-state index in [-0.39, 0.29) is 19.8 Å². The van der Waals surface area contributed by atoms with Crippen molar-refractivity contribution in [3.8, 4) is 0 Å². The molecule has 0 N–H and O–H groups in total. The van der Waals surface area contributed by atoms with Crippen molar-refractivity contribution in [1.82, 2.24) is 0 Å². The summed E-state index contributed by atoms with van der Waals surface area (Å²) >= 11 is 1.29. The maximum absolute atomic E-state index is 13.2. The van der Waals surface area contributed by atoms with Crippen molar-refractivity contribution < 1.29 is 133 Å². The first kappa shape index (κ1) is 69.6. The van der Waals surface area contributed by atoms with Gasteiger partial charge < -0.3 is 94.7 Å². The molecule has 0 bridgehead atoms. The first-order chi connectivity index (χ1) is 44.1. The number of fused-ring (bicyclic) bond motifs is 2. The van der Waals surface area contributed by atoms with Gasteiger partial charge in [0.1, 0.15) is 79.7 Å². The summed E-state index contributed by atoms with van der Waals surface area (Å²) < 4.78 is 127. The number of rotatable bonds is 25. The van der Waals surface area contributed by atoms with Gasteiger partial charge in [-0.3, -0.25) is 38.4 Å². The minimum Gasteiger partial charge on any atom is -0.462 e. The van der Waals surface area contributed by atoms with E-state index in [1.165, 1.54) is 11.8 Å². The molecule has 0 radical (unpaired) electrons. The molecule has 0 spiro atoms. The molecule has 0 aromatic heterocycles. The molecule has 6 heterocycles. The molecule has 29 heteroatoms. The minimum absolute atomic E-state index is 0.0643. The van der Waals surface area contributed by atoms with Gasteiger partial charge in [0, 0.05) is 66.5 Å². The minimum atomic E-state index is -1.74. The maximum Gasteiger partial charge on any atom is 0.303 e. The highest BCUT2D eigenvalue weighted by molar-refractivity contribution is 7.99. The van der Waals surface area contributed by atoms with Crippen molar-refractivity contribution in [2.45, 2.75) is 203 Å². The fourth-order valence-electron chi connectivity index (χ4n) is 11.5. The van der Waals surface area contributed by atoms with Gasteiger partial charge in [-0.2, -0.15) is 0 Å². The molecule has 502 valence electrons. The SMILES string of the molecule is CCS[C@H]1O[C@@H]2CO[C@@H](c3ccccc3)O[C@H]2[C@H](O[C@@H]2O[C@@H]([C@@H](COC(C)=O)OC(C)=O)[C@H](OC(C)=O)[C@H]2OC(C)=O)[C@@H]1O[C@H]1O[C@@H]2CO[C@@H](c3ccccc3)O[C@H]2[C@H](O[C@@H]2O[C@@H]([C@@H](COC(C)=O)OC(C)=O)[C@H](OC(C)=O)[C@H]2OC(C)=O)[C@@H]1OCc1ccccc1. The first-order valence-corrected chi connectivity index (χ1v) is 31.0. The smallest absolute Gasteiger partial charge is 0.303 e. The van der Waals surface area contributed by atoms with E-state index in [2.05, 4.69) is 0 Å². The quantitative estimate of drug-likeness (QED) is 0.0842. The Morgan fingerprint density at radius 2 is 0.826 bits per heavy atom. The molecule has 6 fully saturated rings. The summed E-state index contributed by atoms with van der Waals surface area (Å²) in [7, 11) is 0. The Balaban J connectivity index is 1.18. The Bertz CT molecular complexity index is 2980. The highest BCUT2D eigenvalue weighted by Crippen LogP contribution is 2.46. The molecule has 28 nitrogen and oxygen atoms in total.